The van der Waals surface area contributed by atoms with Gasteiger partial charge in [-0.1, -0.05) is 17.7 Å². The molecule has 3 aromatic carbocycles. The van der Waals surface area contributed by atoms with Crippen LogP contribution in [0.4, 0.5) is 33.3 Å². The van der Waals surface area contributed by atoms with Gasteiger partial charge < -0.3 is 4.74 Å². The molecule has 1 atom stereocenters. The van der Waals surface area contributed by atoms with E-state index in [1.807, 2.05) is 6.92 Å². The molecule has 162 valence electrons. The number of aryl methyl sites for hydroxylation is 1. The van der Waals surface area contributed by atoms with Crippen LogP contribution in [0.15, 0.2) is 60.9 Å². The lowest BCUT2D eigenvalue weighted by atomic mass is 10.2. The summed E-state index contributed by atoms with van der Waals surface area (Å²) in [7, 11) is -0.448. The first-order valence-electron chi connectivity index (χ1n) is 8.44. The fraction of sp³-hybridized carbons (Fsp3) is 0.100. The maximum absolute atomic E-state index is 13.9. The van der Waals surface area contributed by atoms with Crippen LogP contribution in [0.2, 0.25) is 0 Å². The van der Waals surface area contributed by atoms with Gasteiger partial charge in [0.2, 0.25) is 5.82 Å². The molecule has 1 unspecified atom stereocenters. The lowest BCUT2D eigenvalue weighted by Crippen LogP contribution is -2.00. The van der Waals surface area contributed by atoms with Crippen LogP contribution in [0.1, 0.15) is 5.56 Å². The Balaban J connectivity index is 2.15. The Morgan fingerprint density at radius 1 is 0.871 bits per heavy atom. The molecule has 0 N–H and O–H groups in total. The van der Waals surface area contributed by atoms with Crippen molar-refractivity contribution in [3.8, 4) is 5.75 Å². The second kappa shape index (κ2) is 9.23. The molecule has 31 heavy (non-hydrogen) atoms. The summed E-state index contributed by atoms with van der Waals surface area (Å²) < 4.78 is 86.5. The summed E-state index contributed by atoms with van der Waals surface area (Å²) in [6.07, 6.45) is 0. The van der Waals surface area contributed by atoms with Gasteiger partial charge in [0.1, 0.15) is 11.4 Å². The molecule has 0 aliphatic carbocycles. The van der Waals surface area contributed by atoms with Crippen molar-refractivity contribution in [3.05, 3.63) is 75.5 Å². The van der Waals surface area contributed by atoms with E-state index >= 15 is 0 Å². The number of hydrogen-bond donors (Lipinski definition) is 0. The number of nitrogens with zero attached hydrogens (tertiary/aromatic N) is 2. The third kappa shape index (κ3) is 4.52. The van der Waals surface area contributed by atoms with E-state index in [0.717, 1.165) is 5.56 Å². The van der Waals surface area contributed by atoms with Crippen molar-refractivity contribution < 1.29 is 30.9 Å². The molecule has 0 radical (unpaired) electrons. The topological polar surface area (TPSA) is 51.0 Å². The van der Waals surface area contributed by atoms with Crippen LogP contribution in [-0.4, -0.2) is 11.3 Å². The Morgan fingerprint density at radius 2 is 1.42 bits per heavy atom. The van der Waals surface area contributed by atoms with Gasteiger partial charge in [0.25, 0.3) is 0 Å². The molecule has 0 aliphatic rings. The Labute approximate surface area is 184 Å². The minimum absolute atomic E-state index is 0.0523. The third-order valence-electron chi connectivity index (χ3n) is 4.11. The normalized spacial score (nSPS) is 12.4. The van der Waals surface area contributed by atoms with Gasteiger partial charge in [-0.15, -0.1) is 10.2 Å². The van der Waals surface area contributed by atoms with Crippen molar-refractivity contribution in [3.63, 3.8) is 0 Å². The number of azo groups is 1. The predicted octanol–water partition coefficient (Wildman–Crippen LogP) is 7.04. The van der Waals surface area contributed by atoms with E-state index in [4.69, 9.17) is 4.74 Å². The number of hydrogen-bond acceptors (Lipinski definition) is 4. The van der Waals surface area contributed by atoms with Crippen molar-refractivity contribution in [2.24, 2.45) is 10.2 Å². The van der Waals surface area contributed by atoms with Gasteiger partial charge in [-0.3, -0.25) is 0 Å². The fourth-order valence-electron chi connectivity index (χ4n) is 2.48. The zero-order valence-corrected chi connectivity index (χ0v) is 18.3. The highest BCUT2D eigenvalue weighted by atomic mass is 79.9. The Kier molecular flexibility index (Phi) is 6.85. The summed E-state index contributed by atoms with van der Waals surface area (Å²) >= 11 is 3.20. The molecule has 4 nitrogen and oxygen atoms in total. The van der Waals surface area contributed by atoms with E-state index in [1.54, 1.807) is 24.3 Å². The van der Waals surface area contributed by atoms with E-state index in [-0.39, 0.29) is 16.3 Å². The second-order valence-corrected chi connectivity index (χ2v) is 8.46. The maximum Gasteiger partial charge on any atom is 0.200 e. The highest BCUT2D eigenvalue weighted by Crippen LogP contribution is 2.38. The summed E-state index contributed by atoms with van der Waals surface area (Å²) in [6, 6.07) is 9.37. The fourth-order valence-corrected chi connectivity index (χ4v) is 4.12. The lowest BCUT2D eigenvalue weighted by molar-refractivity contribution is 0.380. The molecule has 0 spiro atoms. The molecular formula is C20H12BrF5N2O2S. The summed E-state index contributed by atoms with van der Waals surface area (Å²) in [5, 5.41) is 6.84. The average molecular weight is 519 g/mol. The van der Waals surface area contributed by atoms with Crippen molar-refractivity contribution in [1.82, 2.24) is 0 Å². The molecule has 11 heteroatoms. The highest BCUT2D eigenvalue weighted by molar-refractivity contribution is 9.10. The Morgan fingerprint density at radius 3 is 1.97 bits per heavy atom. The van der Waals surface area contributed by atoms with Gasteiger partial charge in [-0.05, 0) is 41.1 Å². The zero-order valence-electron chi connectivity index (χ0n) is 15.9. The van der Waals surface area contributed by atoms with Gasteiger partial charge in [0.05, 0.1) is 27.3 Å². The van der Waals surface area contributed by atoms with E-state index in [1.165, 1.54) is 19.2 Å². The number of ether oxygens (including phenoxy) is 1. The van der Waals surface area contributed by atoms with E-state index in [0.29, 0.717) is 9.37 Å². The molecule has 3 aromatic rings. The van der Waals surface area contributed by atoms with Crippen molar-refractivity contribution in [1.29, 1.82) is 0 Å². The first kappa shape index (κ1) is 23.0. The first-order valence-corrected chi connectivity index (χ1v) is 10.4. The number of benzene rings is 3. The monoisotopic (exact) mass is 518 g/mol. The third-order valence-corrected chi connectivity index (χ3v) is 6.16. The van der Waals surface area contributed by atoms with Gasteiger partial charge in [0, 0.05) is 11.0 Å². The van der Waals surface area contributed by atoms with Crippen molar-refractivity contribution in [2.75, 3.05) is 7.11 Å². The van der Waals surface area contributed by atoms with Gasteiger partial charge >= 0.3 is 0 Å². The molecule has 0 bridgehead atoms. The number of rotatable bonds is 5. The van der Waals surface area contributed by atoms with Crippen LogP contribution in [0, 0.1) is 36.0 Å². The number of halogens is 6. The highest BCUT2D eigenvalue weighted by Gasteiger charge is 2.26. The van der Waals surface area contributed by atoms with Crippen LogP contribution in [0.3, 0.4) is 0 Å². The largest absolute Gasteiger partial charge is 0.496 e. The molecule has 0 saturated heterocycles. The minimum Gasteiger partial charge on any atom is -0.496 e. The van der Waals surface area contributed by atoms with Crippen LogP contribution in [-0.2, 0) is 10.8 Å². The summed E-state index contributed by atoms with van der Waals surface area (Å²) in [6.45, 7) is 1.85. The summed E-state index contributed by atoms with van der Waals surface area (Å²) in [5.41, 5.74) is -0.661. The van der Waals surface area contributed by atoms with Crippen molar-refractivity contribution >= 4 is 38.1 Å². The van der Waals surface area contributed by atoms with E-state index in [9.17, 15) is 26.2 Å². The average Bonchev–Trinajstić information content (AvgIpc) is 2.76. The van der Waals surface area contributed by atoms with Crippen LogP contribution < -0.4 is 4.74 Å². The van der Waals surface area contributed by atoms with E-state index in [2.05, 4.69) is 26.2 Å². The van der Waals surface area contributed by atoms with Gasteiger partial charge in [-0.2, -0.15) is 0 Å². The SMILES string of the molecule is COc1cc(S(=O)c2ccc(C)cc2)c(N=Nc2c(F)c(F)c(F)c(F)c2F)cc1Br. The van der Waals surface area contributed by atoms with Gasteiger partial charge in [0.15, 0.2) is 29.0 Å². The number of methoxy groups -OCH3 is 1. The van der Waals surface area contributed by atoms with Crippen molar-refractivity contribution in [2.45, 2.75) is 16.7 Å². The summed E-state index contributed by atoms with van der Waals surface area (Å²) in [4.78, 5) is 0.444. The van der Waals surface area contributed by atoms with Crippen LogP contribution in [0.5, 0.6) is 5.75 Å². The van der Waals surface area contributed by atoms with Crippen LogP contribution >= 0.6 is 15.9 Å². The molecule has 0 aromatic heterocycles. The minimum atomic E-state index is -2.30. The standard InChI is InChI=1S/C20H12BrF5N2O2S/c1-9-3-5-10(6-4-9)31(29)14-8-13(30-2)11(21)7-12(14)27-28-20-18(25)16(23)15(22)17(24)19(20)26/h3-8H,1-2H3. The summed E-state index contributed by atoms with van der Waals surface area (Å²) in [5.74, 6) is -10.6. The Bertz CT molecular complexity index is 1190. The maximum atomic E-state index is 13.9. The molecular weight excluding hydrogens is 507 g/mol. The Hall–Kier alpha value is -2.66. The zero-order chi connectivity index (χ0) is 22.9. The lowest BCUT2D eigenvalue weighted by Gasteiger charge is -2.10. The van der Waals surface area contributed by atoms with Gasteiger partial charge in [-0.25, -0.2) is 26.2 Å². The molecule has 0 aliphatic heterocycles. The molecule has 0 saturated carbocycles. The first-order chi connectivity index (χ1) is 14.6. The second-order valence-electron chi connectivity index (χ2n) is 6.15. The molecule has 0 fully saturated rings. The molecule has 0 heterocycles. The van der Waals surface area contributed by atoms with Crippen LogP contribution in [0.25, 0.3) is 0 Å². The van der Waals surface area contributed by atoms with E-state index < -0.39 is 45.6 Å². The smallest absolute Gasteiger partial charge is 0.200 e. The quantitative estimate of drug-likeness (QED) is 0.157. The molecule has 3 rings (SSSR count). The molecule has 0 amide bonds. The predicted molar refractivity (Wildman–Crippen MR) is 107 cm³/mol.